The van der Waals surface area contributed by atoms with E-state index in [1.807, 2.05) is 12.1 Å². The Morgan fingerprint density at radius 1 is 1.00 bits per heavy atom. The van der Waals surface area contributed by atoms with Gasteiger partial charge in [-0.15, -0.1) is 0 Å². The molecule has 0 spiro atoms. The number of carboxylic acid groups (broad SMARTS) is 2. The van der Waals surface area contributed by atoms with Crippen molar-refractivity contribution in [1.82, 2.24) is 0 Å². The lowest BCUT2D eigenvalue weighted by atomic mass is 9.92. The van der Waals surface area contributed by atoms with E-state index in [0.29, 0.717) is 11.1 Å². The molecule has 0 bridgehead atoms. The van der Waals surface area contributed by atoms with Crippen LogP contribution in [0.2, 0.25) is 0 Å². The molecule has 0 unspecified atom stereocenters. The van der Waals surface area contributed by atoms with Gasteiger partial charge >= 0.3 is 11.9 Å². The summed E-state index contributed by atoms with van der Waals surface area (Å²) >= 11 is 2.07. The Morgan fingerprint density at radius 2 is 1.50 bits per heavy atom. The summed E-state index contributed by atoms with van der Waals surface area (Å²) in [5, 5.41) is 18.7. The number of aromatic carboxylic acids is 2. The number of carboxylic acids is 2. The summed E-state index contributed by atoms with van der Waals surface area (Å²) < 4.78 is 0.805. The zero-order valence-corrected chi connectivity index (χ0v) is 12.7. The van der Waals surface area contributed by atoms with Crippen LogP contribution in [0.5, 0.6) is 0 Å². The Morgan fingerprint density at radius 3 is 1.95 bits per heavy atom. The maximum atomic E-state index is 11.4. The second kappa shape index (κ2) is 5.62. The highest BCUT2D eigenvalue weighted by Gasteiger charge is 2.21. The number of carbonyl (C=O) groups is 2. The minimum atomic E-state index is -1.13. The van der Waals surface area contributed by atoms with Gasteiger partial charge in [-0.2, -0.15) is 0 Å². The molecule has 2 aromatic rings. The Kier molecular flexibility index (Phi) is 4.08. The molecule has 2 N–H and O–H groups in total. The number of hydrogen-bond donors (Lipinski definition) is 2. The molecular weight excluding hydrogens is 371 g/mol. The molecule has 0 aromatic heterocycles. The predicted octanol–water partition coefficient (Wildman–Crippen LogP) is 3.66. The van der Waals surface area contributed by atoms with Crippen molar-refractivity contribution in [2.24, 2.45) is 0 Å². The molecule has 0 amide bonds. The first-order valence-electron chi connectivity index (χ1n) is 5.78. The van der Waals surface area contributed by atoms with Crippen LogP contribution in [0.15, 0.2) is 36.4 Å². The topological polar surface area (TPSA) is 74.6 Å². The third-order valence-corrected chi connectivity index (χ3v) is 3.83. The molecule has 0 saturated heterocycles. The summed E-state index contributed by atoms with van der Waals surface area (Å²) in [5.41, 5.74) is 1.48. The van der Waals surface area contributed by atoms with Gasteiger partial charge in [0.25, 0.3) is 0 Å². The fourth-order valence-corrected chi connectivity index (χ4v) is 2.73. The molecule has 0 saturated carbocycles. The van der Waals surface area contributed by atoms with Crippen molar-refractivity contribution in [2.75, 3.05) is 0 Å². The molecule has 4 nitrogen and oxygen atoms in total. The van der Waals surface area contributed by atoms with Gasteiger partial charge in [0.1, 0.15) is 0 Å². The van der Waals surface area contributed by atoms with Crippen LogP contribution < -0.4 is 0 Å². The average molecular weight is 382 g/mol. The van der Waals surface area contributed by atoms with Crippen LogP contribution in [0, 0.1) is 10.5 Å². The average Bonchev–Trinajstić information content (AvgIpc) is 2.38. The maximum absolute atomic E-state index is 11.4. The molecule has 0 heterocycles. The molecule has 0 atom stereocenters. The smallest absolute Gasteiger partial charge is 0.336 e. The van der Waals surface area contributed by atoms with Crippen LogP contribution in [0.1, 0.15) is 26.3 Å². The van der Waals surface area contributed by atoms with E-state index in [0.717, 1.165) is 3.57 Å². The number of aryl methyl sites for hydroxylation is 1. The third-order valence-electron chi connectivity index (χ3n) is 2.89. The Labute approximate surface area is 129 Å². The molecule has 2 aromatic carbocycles. The van der Waals surface area contributed by atoms with Gasteiger partial charge in [0.05, 0.1) is 11.1 Å². The van der Waals surface area contributed by atoms with E-state index in [1.165, 1.54) is 12.1 Å². The van der Waals surface area contributed by atoms with Crippen molar-refractivity contribution in [3.8, 4) is 11.1 Å². The minimum Gasteiger partial charge on any atom is -0.478 e. The number of rotatable bonds is 3. The lowest BCUT2D eigenvalue weighted by molar-refractivity contribution is 0.0696. The fourth-order valence-electron chi connectivity index (χ4n) is 2.08. The summed E-state index contributed by atoms with van der Waals surface area (Å²) in [5.74, 6) is -2.27. The van der Waals surface area contributed by atoms with E-state index in [4.69, 9.17) is 0 Å². The van der Waals surface area contributed by atoms with Gasteiger partial charge in [0.2, 0.25) is 0 Å². The Hall–Kier alpha value is -1.89. The highest BCUT2D eigenvalue weighted by atomic mass is 127. The first-order chi connectivity index (χ1) is 9.41. The summed E-state index contributed by atoms with van der Waals surface area (Å²) in [6, 6.07) is 10.1. The zero-order chi connectivity index (χ0) is 14.9. The van der Waals surface area contributed by atoms with Crippen molar-refractivity contribution in [3.63, 3.8) is 0 Å². The van der Waals surface area contributed by atoms with E-state index in [9.17, 15) is 19.8 Å². The quantitative estimate of drug-likeness (QED) is 0.795. The Balaban J connectivity index is 2.89. The van der Waals surface area contributed by atoms with Gasteiger partial charge in [-0.1, -0.05) is 18.2 Å². The monoisotopic (exact) mass is 382 g/mol. The van der Waals surface area contributed by atoms with E-state index in [-0.39, 0.29) is 16.7 Å². The van der Waals surface area contributed by atoms with Gasteiger partial charge < -0.3 is 10.2 Å². The molecule has 102 valence electrons. The number of hydrogen-bond acceptors (Lipinski definition) is 2. The summed E-state index contributed by atoms with van der Waals surface area (Å²) in [4.78, 5) is 22.9. The van der Waals surface area contributed by atoms with Crippen LogP contribution in [0.3, 0.4) is 0 Å². The molecular formula is C15H11IO4. The van der Waals surface area contributed by atoms with Gasteiger partial charge in [-0.05, 0) is 58.8 Å². The maximum Gasteiger partial charge on any atom is 0.336 e. The molecule has 0 fully saturated rings. The van der Waals surface area contributed by atoms with E-state index in [1.54, 1.807) is 19.1 Å². The van der Waals surface area contributed by atoms with Crippen molar-refractivity contribution in [2.45, 2.75) is 6.92 Å². The molecule has 0 aliphatic heterocycles. The second-order valence-corrected chi connectivity index (χ2v) is 5.49. The normalized spacial score (nSPS) is 10.3. The van der Waals surface area contributed by atoms with Gasteiger partial charge in [-0.3, -0.25) is 0 Å². The van der Waals surface area contributed by atoms with Crippen LogP contribution in [0.4, 0.5) is 0 Å². The summed E-state index contributed by atoms with van der Waals surface area (Å²) in [6.07, 6.45) is 0. The molecule has 2 rings (SSSR count). The van der Waals surface area contributed by atoms with Crippen LogP contribution in [-0.2, 0) is 0 Å². The minimum absolute atomic E-state index is 0.00603. The SMILES string of the molecule is Cc1cc(C(=O)O)c(-c2ccccc2I)c(C(=O)O)c1. The van der Waals surface area contributed by atoms with Crippen molar-refractivity contribution in [1.29, 1.82) is 0 Å². The highest BCUT2D eigenvalue weighted by molar-refractivity contribution is 14.1. The van der Waals surface area contributed by atoms with Crippen molar-refractivity contribution in [3.05, 3.63) is 56.7 Å². The molecule has 20 heavy (non-hydrogen) atoms. The van der Waals surface area contributed by atoms with Crippen molar-refractivity contribution < 1.29 is 19.8 Å². The lowest BCUT2D eigenvalue weighted by Gasteiger charge is -2.13. The summed E-state index contributed by atoms with van der Waals surface area (Å²) in [7, 11) is 0. The van der Waals surface area contributed by atoms with Crippen molar-refractivity contribution >= 4 is 34.5 Å². The largest absolute Gasteiger partial charge is 0.478 e. The van der Waals surface area contributed by atoms with Gasteiger partial charge in [0.15, 0.2) is 0 Å². The Bertz CT molecular complexity index is 672. The zero-order valence-electron chi connectivity index (χ0n) is 10.6. The van der Waals surface area contributed by atoms with E-state index < -0.39 is 11.9 Å². The summed E-state index contributed by atoms with van der Waals surface area (Å²) in [6.45, 7) is 1.68. The third kappa shape index (κ3) is 2.67. The van der Waals surface area contributed by atoms with Gasteiger partial charge in [-0.25, -0.2) is 9.59 Å². The van der Waals surface area contributed by atoms with E-state index >= 15 is 0 Å². The van der Waals surface area contributed by atoms with Crippen LogP contribution >= 0.6 is 22.6 Å². The highest BCUT2D eigenvalue weighted by Crippen LogP contribution is 2.32. The van der Waals surface area contributed by atoms with E-state index in [2.05, 4.69) is 22.6 Å². The standard InChI is InChI=1S/C15H11IO4/c1-8-6-10(14(17)18)13(11(7-8)15(19)20)9-4-2-3-5-12(9)16/h2-7H,1H3,(H,17,18)(H,19,20). The predicted molar refractivity (Wildman–Crippen MR) is 83.3 cm³/mol. The molecule has 0 aliphatic carbocycles. The molecule has 0 aliphatic rings. The molecule has 5 heteroatoms. The van der Waals surface area contributed by atoms with Crippen LogP contribution in [0.25, 0.3) is 11.1 Å². The lowest BCUT2D eigenvalue weighted by Crippen LogP contribution is -2.08. The first-order valence-corrected chi connectivity index (χ1v) is 6.86. The number of benzene rings is 2. The molecule has 0 radical (unpaired) electrons. The fraction of sp³-hybridized carbons (Fsp3) is 0.0667. The number of halogens is 1. The van der Waals surface area contributed by atoms with Crippen LogP contribution in [-0.4, -0.2) is 22.2 Å². The first kappa shape index (κ1) is 14.5. The second-order valence-electron chi connectivity index (χ2n) is 4.33. The van der Waals surface area contributed by atoms with Gasteiger partial charge in [0, 0.05) is 9.13 Å².